The van der Waals surface area contributed by atoms with Crippen LogP contribution >= 0.6 is 11.6 Å². The molecule has 1 N–H and O–H groups in total. The number of hydrogen-bond donors (Lipinski definition) is 1. The highest BCUT2D eigenvalue weighted by Crippen LogP contribution is 2.29. The molecule has 0 saturated heterocycles. The van der Waals surface area contributed by atoms with Crippen LogP contribution in [0.2, 0.25) is 5.02 Å². The third kappa shape index (κ3) is 2.36. The average Bonchev–Trinajstić information content (AvgIpc) is 2.85. The summed E-state index contributed by atoms with van der Waals surface area (Å²) >= 11 is 5.86. The highest BCUT2D eigenvalue weighted by molar-refractivity contribution is 7.90. The highest BCUT2D eigenvalue weighted by atomic mass is 35.5. The molecule has 1 aromatic carbocycles. The van der Waals surface area contributed by atoms with Crippen LogP contribution in [-0.2, 0) is 22.0 Å². The van der Waals surface area contributed by atoms with Crippen molar-refractivity contribution in [2.45, 2.75) is 12.2 Å². The van der Waals surface area contributed by atoms with Gasteiger partial charge in [0.2, 0.25) is 0 Å². The Morgan fingerprint density at radius 3 is 2.70 bits per heavy atom. The standard InChI is InChI=1S/C15H12ClN3O3S/c16-9-1-3-10(4-2-9)19-15(20)11-7-17-13-5-6-23(21,22)8-12(13)14(11)18-19/h1-4,7,17H,5-6,8H2. The molecular formula is C15H12ClN3O3S. The van der Waals surface area contributed by atoms with Gasteiger partial charge in [-0.25, -0.2) is 8.42 Å². The second kappa shape index (κ2) is 4.94. The van der Waals surface area contributed by atoms with Crippen LogP contribution < -0.4 is 5.56 Å². The summed E-state index contributed by atoms with van der Waals surface area (Å²) in [5, 5.41) is 4.93. The van der Waals surface area contributed by atoms with Crippen LogP contribution in [0.25, 0.3) is 16.9 Å². The number of aryl methyl sites for hydroxylation is 1. The van der Waals surface area contributed by atoms with Crippen LogP contribution in [0.4, 0.5) is 0 Å². The van der Waals surface area contributed by atoms with E-state index in [9.17, 15) is 13.2 Å². The largest absolute Gasteiger partial charge is 0.364 e. The number of nitrogens with one attached hydrogen (secondary N) is 1. The van der Waals surface area contributed by atoms with Crippen LogP contribution in [0.3, 0.4) is 0 Å². The zero-order chi connectivity index (χ0) is 16.2. The highest BCUT2D eigenvalue weighted by Gasteiger charge is 2.29. The number of fused-ring (bicyclic) bond motifs is 3. The first-order valence-corrected chi connectivity index (χ1v) is 9.23. The minimum Gasteiger partial charge on any atom is -0.364 e. The zero-order valence-electron chi connectivity index (χ0n) is 11.9. The van der Waals surface area contributed by atoms with Crippen molar-refractivity contribution >= 4 is 21.4 Å². The van der Waals surface area contributed by atoms with E-state index in [1.165, 1.54) is 4.68 Å². The lowest BCUT2D eigenvalue weighted by Gasteiger charge is -2.17. The van der Waals surface area contributed by atoms with Crippen LogP contribution in [0.15, 0.2) is 35.3 Å². The normalized spacial score (nSPS) is 16.4. The molecule has 0 saturated carbocycles. The first-order chi connectivity index (χ1) is 10.9. The summed E-state index contributed by atoms with van der Waals surface area (Å²) in [5.74, 6) is 0.0252. The summed E-state index contributed by atoms with van der Waals surface area (Å²) in [7, 11) is -3.15. The summed E-state index contributed by atoms with van der Waals surface area (Å²) < 4.78 is 25.1. The van der Waals surface area contributed by atoms with E-state index in [-0.39, 0.29) is 17.1 Å². The maximum atomic E-state index is 12.6. The molecule has 0 atom stereocenters. The molecule has 0 bridgehead atoms. The Hall–Kier alpha value is -2.12. The number of nitrogens with zero attached hydrogens (tertiary/aromatic N) is 2. The van der Waals surface area contributed by atoms with Gasteiger partial charge in [-0.1, -0.05) is 11.6 Å². The second-order valence-electron chi connectivity index (χ2n) is 5.54. The number of benzene rings is 1. The van der Waals surface area contributed by atoms with Gasteiger partial charge in [-0.15, -0.1) is 0 Å². The molecule has 8 heteroatoms. The predicted molar refractivity (Wildman–Crippen MR) is 87.0 cm³/mol. The Balaban J connectivity index is 1.96. The van der Waals surface area contributed by atoms with E-state index < -0.39 is 9.84 Å². The molecule has 118 valence electrons. The molecular weight excluding hydrogens is 338 g/mol. The summed E-state index contributed by atoms with van der Waals surface area (Å²) in [6.07, 6.45) is 2.02. The van der Waals surface area contributed by atoms with Crippen molar-refractivity contribution in [1.29, 1.82) is 0 Å². The van der Waals surface area contributed by atoms with Gasteiger partial charge in [0.1, 0.15) is 5.69 Å². The molecule has 0 amide bonds. The van der Waals surface area contributed by atoms with E-state index in [0.29, 0.717) is 34.0 Å². The van der Waals surface area contributed by atoms with Crippen molar-refractivity contribution in [3.63, 3.8) is 0 Å². The first kappa shape index (κ1) is 14.5. The summed E-state index contributed by atoms with van der Waals surface area (Å²) in [6, 6.07) is 6.74. The fourth-order valence-electron chi connectivity index (χ4n) is 2.84. The fourth-order valence-corrected chi connectivity index (χ4v) is 4.38. The van der Waals surface area contributed by atoms with Gasteiger partial charge in [0.15, 0.2) is 9.84 Å². The number of sulfone groups is 1. The Bertz CT molecular complexity index is 1030. The number of rotatable bonds is 1. The molecule has 0 aromatic heterocycles. The predicted octanol–water partition coefficient (Wildman–Crippen LogP) is 1.79. The number of H-pyrrole nitrogens is 1. The van der Waals surface area contributed by atoms with Crippen molar-refractivity contribution < 1.29 is 8.42 Å². The van der Waals surface area contributed by atoms with Gasteiger partial charge in [0.25, 0.3) is 5.56 Å². The van der Waals surface area contributed by atoms with Gasteiger partial charge in [0, 0.05) is 28.9 Å². The number of hydrogen-bond acceptors (Lipinski definition) is 4. The molecule has 3 heterocycles. The van der Waals surface area contributed by atoms with E-state index in [2.05, 4.69) is 10.1 Å². The van der Waals surface area contributed by atoms with Gasteiger partial charge in [-0.3, -0.25) is 4.79 Å². The van der Waals surface area contributed by atoms with Crippen molar-refractivity contribution in [2.24, 2.45) is 0 Å². The summed E-state index contributed by atoms with van der Waals surface area (Å²) in [6.45, 7) is 0. The van der Waals surface area contributed by atoms with Crippen LogP contribution in [0.5, 0.6) is 0 Å². The second-order valence-corrected chi connectivity index (χ2v) is 8.16. The Morgan fingerprint density at radius 2 is 1.96 bits per heavy atom. The van der Waals surface area contributed by atoms with Crippen LogP contribution in [0, 0.1) is 0 Å². The van der Waals surface area contributed by atoms with Gasteiger partial charge < -0.3 is 4.98 Å². The molecule has 0 spiro atoms. The molecule has 0 fully saturated rings. The summed E-state index contributed by atoms with van der Waals surface area (Å²) in [5.41, 5.74) is 2.55. The molecule has 4 rings (SSSR count). The van der Waals surface area contributed by atoms with Gasteiger partial charge in [0.05, 0.1) is 22.8 Å². The molecule has 3 aliphatic heterocycles. The zero-order valence-corrected chi connectivity index (χ0v) is 13.5. The molecule has 0 radical (unpaired) electrons. The fraction of sp³-hybridized carbons (Fsp3) is 0.200. The Labute approximate surface area is 137 Å². The van der Waals surface area contributed by atoms with Crippen LogP contribution in [-0.4, -0.2) is 28.9 Å². The third-order valence-electron chi connectivity index (χ3n) is 4.02. The first-order valence-electron chi connectivity index (χ1n) is 7.03. The molecule has 23 heavy (non-hydrogen) atoms. The SMILES string of the molecule is O=c1c2c[nH]c3c(c-2nn1-c1ccc(Cl)cc1)CS(=O)(=O)CC3. The number of halogens is 1. The van der Waals surface area contributed by atoms with E-state index >= 15 is 0 Å². The summed E-state index contributed by atoms with van der Waals surface area (Å²) in [4.78, 5) is 15.6. The number of aromatic amines is 1. The van der Waals surface area contributed by atoms with Gasteiger partial charge in [-0.2, -0.15) is 9.78 Å². The number of aromatic nitrogens is 3. The minimum absolute atomic E-state index is 0.0900. The van der Waals surface area contributed by atoms with Crippen molar-refractivity contribution in [1.82, 2.24) is 14.8 Å². The molecule has 1 aromatic rings. The van der Waals surface area contributed by atoms with E-state index in [1.54, 1.807) is 30.5 Å². The Morgan fingerprint density at radius 1 is 1.22 bits per heavy atom. The average molecular weight is 350 g/mol. The molecule has 0 aliphatic carbocycles. The third-order valence-corrected chi connectivity index (χ3v) is 5.82. The van der Waals surface area contributed by atoms with Crippen LogP contribution in [0.1, 0.15) is 11.3 Å². The van der Waals surface area contributed by atoms with E-state index in [0.717, 1.165) is 5.69 Å². The number of pyridine rings is 1. The van der Waals surface area contributed by atoms with Crippen molar-refractivity contribution in [2.75, 3.05) is 5.75 Å². The molecule has 0 unspecified atom stereocenters. The maximum Gasteiger partial charge on any atom is 0.282 e. The van der Waals surface area contributed by atoms with Gasteiger partial charge >= 0.3 is 0 Å². The lowest BCUT2D eigenvalue weighted by Crippen LogP contribution is -2.21. The van der Waals surface area contributed by atoms with Gasteiger partial charge in [-0.05, 0) is 24.3 Å². The lowest BCUT2D eigenvalue weighted by molar-refractivity contribution is 0.590. The molecule has 3 aliphatic rings. The van der Waals surface area contributed by atoms with Crippen molar-refractivity contribution in [3.8, 4) is 16.9 Å². The van der Waals surface area contributed by atoms with E-state index in [4.69, 9.17) is 11.6 Å². The topological polar surface area (TPSA) is 84.8 Å². The monoisotopic (exact) mass is 349 g/mol. The lowest BCUT2D eigenvalue weighted by atomic mass is 10.1. The minimum atomic E-state index is -3.15. The quantitative estimate of drug-likeness (QED) is 0.725. The molecule has 6 nitrogen and oxygen atoms in total. The smallest absolute Gasteiger partial charge is 0.282 e. The van der Waals surface area contributed by atoms with Crippen molar-refractivity contribution in [3.05, 3.63) is 57.1 Å². The Kier molecular flexibility index (Phi) is 3.11. The van der Waals surface area contributed by atoms with E-state index in [1.807, 2.05) is 0 Å². The maximum absolute atomic E-state index is 12.6.